The van der Waals surface area contributed by atoms with Gasteiger partial charge in [0.05, 0.1) is 16.7 Å². The zero-order valence-corrected chi connectivity index (χ0v) is 13.8. The molecule has 0 heterocycles. The lowest BCUT2D eigenvalue weighted by atomic mass is 9.73. The van der Waals surface area contributed by atoms with Crippen molar-refractivity contribution in [2.24, 2.45) is 0 Å². The average molecular weight is 338 g/mol. The Kier molecular flexibility index (Phi) is 3.27. The van der Waals surface area contributed by atoms with E-state index in [2.05, 4.69) is 0 Å². The number of hydrogen-bond donors (Lipinski definition) is 3. The minimum Gasteiger partial charge on any atom is -0.507 e. The summed E-state index contributed by atoms with van der Waals surface area (Å²) in [6, 6.07) is 6.40. The molecule has 2 aliphatic rings. The van der Waals surface area contributed by atoms with E-state index in [0.29, 0.717) is 30.4 Å². The molecule has 2 aromatic rings. The summed E-state index contributed by atoms with van der Waals surface area (Å²) in [4.78, 5) is 25.7. The molecular formula is C20H18O5. The van der Waals surface area contributed by atoms with Crippen molar-refractivity contribution in [2.45, 2.75) is 38.2 Å². The molecular weight excluding hydrogens is 320 g/mol. The number of ketones is 2. The Morgan fingerprint density at radius 3 is 2.00 bits per heavy atom. The predicted molar refractivity (Wildman–Crippen MR) is 90.3 cm³/mol. The van der Waals surface area contributed by atoms with Crippen LogP contribution in [0.4, 0.5) is 0 Å². The summed E-state index contributed by atoms with van der Waals surface area (Å²) in [5, 5.41) is 32.0. The highest BCUT2D eigenvalue weighted by Gasteiger charge is 2.41. The van der Waals surface area contributed by atoms with Crippen molar-refractivity contribution in [1.29, 1.82) is 0 Å². The first-order valence-electron chi connectivity index (χ1n) is 8.38. The van der Waals surface area contributed by atoms with Crippen LogP contribution in [0.5, 0.6) is 11.5 Å². The van der Waals surface area contributed by atoms with Gasteiger partial charge in [-0.25, -0.2) is 0 Å². The van der Waals surface area contributed by atoms with E-state index in [1.807, 2.05) is 6.92 Å². The number of benzene rings is 2. The third-order valence-electron chi connectivity index (χ3n) is 5.53. The van der Waals surface area contributed by atoms with Gasteiger partial charge in [-0.05, 0) is 19.3 Å². The van der Waals surface area contributed by atoms with Crippen molar-refractivity contribution in [3.63, 3.8) is 0 Å². The smallest absolute Gasteiger partial charge is 0.198 e. The molecule has 2 aliphatic carbocycles. The standard InChI is InChI=1S/C20H18O5/c1-2-20(25)8-7-12-13(9-20)19(24)15-14(18(12)23)16(21)10-5-3-4-6-11(10)17(15)22/h3-6,23-25H,2,7-9H2,1H3/t20-/m1/s1. The Balaban J connectivity index is 2.01. The summed E-state index contributed by atoms with van der Waals surface area (Å²) in [5.74, 6) is -1.47. The Bertz CT molecular complexity index is 944. The quantitative estimate of drug-likeness (QED) is 0.593. The van der Waals surface area contributed by atoms with Crippen LogP contribution in [0.1, 0.15) is 62.7 Å². The molecule has 0 saturated carbocycles. The highest BCUT2D eigenvalue weighted by molar-refractivity contribution is 6.30. The molecule has 5 heteroatoms. The molecule has 0 unspecified atom stereocenters. The molecule has 2 aromatic carbocycles. The molecule has 0 radical (unpaired) electrons. The molecule has 128 valence electrons. The largest absolute Gasteiger partial charge is 0.507 e. The summed E-state index contributed by atoms with van der Waals surface area (Å²) in [6.07, 6.45) is 1.42. The summed E-state index contributed by atoms with van der Waals surface area (Å²) < 4.78 is 0. The fraction of sp³-hybridized carbons (Fsp3) is 0.300. The summed E-state index contributed by atoms with van der Waals surface area (Å²) in [6.45, 7) is 1.85. The highest BCUT2D eigenvalue weighted by atomic mass is 16.3. The van der Waals surface area contributed by atoms with Gasteiger partial charge in [-0.1, -0.05) is 31.2 Å². The van der Waals surface area contributed by atoms with Crippen molar-refractivity contribution in [1.82, 2.24) is 0 Å². The predicted octanol–water partition coefficient (Wildman–Crippen LogP) is 2.50. The van der Waals surface area contributed by atoms with Crippen molar-refractivity contribution in [3.8, 4) is 11.5 Å². The maximum Gasteiger partial charge on any atom is 0.198 e. The number of rotatable bonds is 1. The monoisotopic (exact) mass is 338 g/mol. The lowest BCUT2D eigenvalue weighted by Crippen LogP contribution is -2.36. The number of aliphatic hydroxyl groups is 1. The van der Waals surface area contributed by atoms with E-state index in [9.17, 15) is 24.9 Å². The molecule has 0 aliphatic heterocycles. The van der Waals surface area contributed by atoms with Gasteiger partial charge in [0, 0.05) is 28.7 Å². The second-order valence-corrected chi connectivity index (χ2v) is 6.86. The number of hydrogen-bond acceptors (Lipinski definition) is 5. The molecule has 0 saturated heterocycles. The van der Waals surface area contributed by atoms with Gasteiger partial charge in [0.1, 0.15) is 11.5 Å². The Morgan fingerprint density at radius 2 is 1.48 bits per heavy atom. The van der Waals surface area contributed by atoms with Crippen molar-refractivity contribution in [2.75, 3.05) is 0 Å². The zero-order chi connectivity index (χ0) is 17.9. The van der Waals surface area contributed by atoms with Crippen LogP contribution in [-0.4, -0.2) is 32.5 Å². The van der Waals surface area contributed by atoms with Gasteiger partial charge in [-0.2, -0.15) is 0 Å². The summed E-state index contributed by atoms with van der Waals surface area (Å²) >= 11 is 0. The van der Waals surface area contributed by atoms with E-state index in [1.165, 1.54) is 6.07 Å². The molecule has 5 nitrogen and oxygen atoms in total. The van der Waals surface area contributed by atoms with Crippen LogP contribution in [0.15, 0.2) is 24.3 Å². The summed E-state index contributed by atoms with van der Waals surface area (Å²) in [5.41, 5.74) is 0.0151. The van der Waals surface area contributed by atoms with Gasteiger partial charge in [0.15, 0.2) is 11.6 Å². The van der Waals surface area contributed by atoms with Crippen LogP contribution >= 0.6 is 0 Å². The molecule has 0 bridgehead atoms. The van der Waals surface area contributed by atoms with E-state index >= 15 is 0 Å². The maximum absolute atomic E-state index is 12.9. The molecule has 0 fully saturated rings. The number of carbonyl (C=O) groups excluding carboxylic acids is 2. The van der Waals surface area contributed by atoms with Crippen LogP contribution in [0.25, 0.3) is 0 Å². The SMILES string of the molecule is CC[C@@]1(O)CCc2c(O)c3c(c(O)c2C1)C(=O)c1ccccc1C3=O. The van der Waals surface area contributed by atoms with Gasteiger partial charge in [-0.3, -0.25) is 9.59 Å². The molecule has 1 atom stereocenters. The van der Waals surface area contributed by atoms with Crippen molar-refractivity contribution >= 4 is 11.6 Å². The van der Waals surface area contributed by atoms with Crippen LogP contribution in [0, 0.1) is 0 Å². The van der Waals surface area contributed by atoms with Crippen LogP contribution in [-0.2, 0) is 12.8 Å². The maximum atomic E-state index is 12.9. The number of aromatic hydroxyl groups is 2. The molecule has 25 heavy (non-hydrogen) atoms. The number of fused-ring (bicyclic) bond motifs is 3. The normalized spacial score (nSPS) is 21.5. The van der Waals surface area contributed by atoms with Crippen LogP contribution in [0.3, 0.4) is 0 Å². The molecule has 0 spiro atoms. The molecule has 3 N–H and O–H groups in total. The van der Waals surface area contributed by atoms with Gasteiger partial charge < -0.3 is 15.3 Å². The highest BCUT2D eigenvalue weighted by Crippen LogP contribution is 2.47. The second-order valence-electron chi connectivity index (χ2n) is 6.86. The second kappa shape index (κ2) is 5.17. The van der Waals surface area contributed by atoms with Crippen LogP contribution < -0.4 is 0 Å². The minimum absolute atomic E-state index is 0.123. The number of carbonyl (C=O) groups is 2. The van der Waals surface area contributed by atoms with E-state index in [4.69, 9.17) is 0 Å². The van der Waals surface area contributed by atoms with E-state index in [-0.39, 0.29) is 40.2 Å². The van der Waals surface area contributed by atoms with Crippen molar-refractivity contribution in [3.05, 3.63) is 57.6 Å². The van der Waals surface area contributed by atoms with Crippen molar-refractivity contribution < 1.29 is 24.9 Å². The third-order valence-corrected chi connectivity index (χ3v) is 5.53. The lowest BCUT2D eigenvalue weighted by molar-refractivity contribution is 0.0216. The Hall–Kier alpha value is -2.66. The van der Waals surface area contributed by atoms with Crippen LogP contribution in [0.2, 0.25) is 0 Å². The number of phenolic OH excluding ortho intramolecular Hbond substituents is 2. The fourth-order valence-electron chi connectivity index (χ4n) is 3.95. The first kappa shape index (κ1) is 15.8. The molecule has 4 rings (SSSR count). The molecule has 0 aromatic heterocycles. The van der Waals surface area contributed by atoms with Gasteiger partial charge in [0.2, 0.25) is 0 Å². The topological polar surface area (TPSA) is 94.8 Å². The van der Waals surface area contributed by atoms with Gasteiger partial charge in [0.25, 0.3) is 0 Å². The van der Waals surface area contributed by atoms with Gasteiger partial charge in [-0.15, -0.1) is 0 Å². The van der Waals surface area contributed by atoms with E-state index < -0.39 is 17.2 Å². The zero-order valence-electron chi connectivity index (χ0n) is 13.8. The first-order chi connectivity index (χ1) is 11.9. The third kappa shape index (κ3) is 2.05. The lowest BCUT2D eigenvalue weighted by Gasteiger charge is -2.35. The Morgan fingerprint density at radius 1 is 0.960 bits per heavy atom. The first-order valence-corrected chi connectivity index (χ1v) is 8.38. The minimum atomic E-state index is -0.981. The van der Waals surface area contributed by atoms with E-state index in [0.717, 1.165) is 0 Å². The summed E-state index contributed by atoms with van der Waals surface area (Å²) in [7, 11) is 0. The van der Waals surface area contributed by atoms with Gasteiger partial charge >= 0.3 is 0 Å². The number of phenols is 2. The Labute approximate surface area is 144 Å². The fourth-order valence-corrected chi connectivity index (χ4v) is 3.95. The van der Waals surface area contributed by atoms with E-state index in [1.54, 1.807) is 18.2 Å². The average Bonchev–Trinajstić information content (AvgIpc) is 2.62. The molecule has 0 amide bonds.